The summed E-state index contributed by atoms with van der Waals surface area (Å²) in [6.45, 7) is 1.01. The predicted molar refractivity (Wildman–Crippen MR) is 83.7 cm³/mol. The van der Waals surface area contributed by atoms with E-state index in [2.05, 4.69) is 15.6 Å². The number of carbonyl (C=O) groups is 1. The van der Waals surface area contributed by atoms with E-state index in [1.807, 2.05) is 5.38 Å². The van der Waals surface area contributed by atoms with Crippen molar-refractivity contribution in [2.45, 2.75) is 18.9 Å². The zero-order valence-electron chi connectivity index (χ0n) is 11.1. The number of hydrogen-bond acceptors (Lipinski definition) is 4. The van der Waals surface area contributed by atoms with Gasteiger partial charge in [0.05, 0.1) is 11.7 Å². The third-order valence-electron chi connectivity index (χ3n) is 3.27. The third kappa shape index (κ3) is 3.78. The van der Waals surface area contributed by atoms with Crippen molar-refractivity contribution in [3.63, 3.8) is 0 Å². The fourth-order valence-electron chi connectivity index (χ4n) is 2.21. The van der Waals surface area contributed by atoms with Crippen LogP contribution in [0.1, 0.15) is 34.9 Å². The molecule has 0 aliphatic carbocycles. The normalized spacial score (nSPS) is 17.3. The molecule has 7 heteroatoms. The molecule has 3 rings (SSSR count). The van der Waals surface area contributed by atoms with Crippen molar-refractivity contribution < 1.29 is 9.18 Å². The Hall–Kier alpha value is -1.50. The van der Waals surface area contributed by atoms with Gasteiger partial charge in [0.2, 0.25) is 0 Å². The molecule has 0 spiro atoms. The van der Waals surface area contributed by atoms with Gasteiger partial charge in [-0.1, -0.05) is 0 Å². The number of nitrogens with one attached hydrogen (secondary N) is 2. The highest BCUT2D eigenvalue weighted by atomic mass is 35.5. The minimum Gasteiger partial charge on any atom is -0.309 e. The van der Waals surface area contributed by atoms with Gasteiger partial charge in [-0.15, -0.1) is 23.7 Å². The molecule has 1 aromatic carbocycles. The SMILES string of the molecule is Cl.O=C(Nc1nc(C2CCCN2)cs1)c1ccc(F)cc1. The highest BCUT2D eigenvalue weighted by Crippen LogP contribution is 2.26. The van der Waals surface area contributed by atoms with Crippen LogP contribution >= 0.6 is 23.7 Å². The lowest BCUT2D eigenvalue weighted by Gasteiger charge is -2.05. The molecule has 1 saturated heterocycles. The molecule has 1 aliphatic rings. The van der Waals surface area contributed by atoms with E-state index in [1.54, 1.807) is 0 Å². The molecule has 1 aromatic heterocycles. The minimum absolute atomic E-state index is 0. The summed E-state index contributed by atoms with van der Waals surface area (Å²) in [6, 6.07) is 5.74. The van der Waals surface area contributed by atoms with Crippen molar-refractivity contribution >= 4 is 34.8 Å². The van der Waals surface area contributed by atoms with Gasteiger partial charge in [-0.2, -0.15) is 0 Å². The Morgan fingerprint density at radius 3 is 2.81 bits per heavy atom. The first kappa shape index (κ1) is 15.9. The number of rotatable bonds is 3. The zero-order chi connectivity index (χ0) is 13.9. The standard InChI is InChI=1S/C14H14FN3OS.ClH/c15-10-5-3-9(4-6-10)13(19)18-14-17-12(8-20-14)11-2-1-7-16-11;/h3-6,8,11,16H,1-2,7H2,(H,17,18,19);1H. The number of halogens is 2. The molecule has 1 amide bonds. The van der Waals surface area contributed by atoms with Crippen LogP contribution in [0.15, 0.2) is 29.6 Å². The maximum Gasteiger partial charge on any atom is 0.257 e. The van der Waals surface area contributed by atoms with E-state index in [9.17, 15) is 9.18 Å². The molecular formula is C14H15ClFN3OS. The van der Waals surface area contributed by atoms with Crippen LogP contribution in [0.3, 0.4) is 0 Å². The first-order valence-corrected chi connectivity index (χ1v) is 7.36. The molecule has 0 radical (unpaired) electrons. The molecular weight excluding hydrogens is 313 g/mol. The van der Waals surface area contributed by atoms with E-state index in [0.717, 1.165) is 25.1 Å². The van der Waals surface area contributed by atoms with E-state index in [-0.39, 0.29) is 24.1 Å². The summed E-state index contributed by atoms with van der Waals surface area (Å²) < 4.78 is 12.8. The van der Waals surface area contributed by atoms with Crippen molar-refractivity contribution in [3.05, 3.63) is 46.7 Å². The lowest BCUT2D eigenvalue weighted by atomic mass is 10.2. The lowest BCUT2D eigenvalue weighted by Crippen LogP contribution is -2.14. The average Bonchev–Trinajstić information content (AvgIpc) is 3.09. The van der Waals surface area contributed by atoms with Gasteiger partial charge >= 0.3 is 0 Å². The molecule has 1 fully saturated rings. The average molecular weight is 328 g/mol. The van der Waals surface area contributed by atoms with Crippen molar-refractivity contribution in [1.29, 1.82) is 0 Å². The first-order valence-electron chi connectivity index (χ1n) is 6.48. The highest BCUT2D eigenvalue weighted by Gasteiger charge is 2.19. The third-order valence-corrected chi connectivity index (χ3v) is 4.04. The number of aromatic nitrogens is 1. The number of nitrogens with zero attached hydrogens (tertiary/aromatic N) is 1. The van der Waals surface area contributed by atoms with E-state index in [4.69, 9.17) is 0 Å². The van der Waals surface area contributed by atoms with Crippen LogP contribution in [0.5, 0.6) is 0 Å². The molecule has 112 valence electrons. The second-order valence-corrected chi connectivity index (χ2v) is 5.55. The predicted octanol–water partition coefficient (Wildman–Crippen LogP) is 3.38. The van der Waals surface area contributed by atoms with E-state index >= 15 is 0 Å². The first-order chi connectivity index (χ1) is 9.72. The Kier molecular flexibility index (Phi) is 5.27. The minimum atomic E-state index is -0.356. The fraction of sp³-hybridized carbons (Fsp3) is 0.286. The van der Waals surface area contributed by atoms with Gasteiger partial charge < -0.3 is 5.32 Å². The topological polar surface area (TPSA) is 54.0 Å². The van der Waals surface area contributed by atoms with Gasteiger partial charge in [0, 0.05) is 10.9 Å². The maximum atomic E-state index is 12.8. The molecule has 2 heterocycles. The van der Waals surface area contributed by atoms with Crippen LogP contribution in [0.4, 0.5) is 9.52 Å². The Bertz CT molecular complexity index is 611. The van der Waals surface area contributed by atoms with Gasteiger partial charge in [-0.25, -0.2) is 9.37 Å². The van der Waals surface area contributed by atoms with Gasteiger partial charge in [-0.3, -0.25) is 10.1 Å². The summed E-state index contributed by atoms with van der Waals surface area (Å²) in [5.74, 6) is -0.629. The van der Waals surface area contributed by atoms with E-state index in [0.29, 0.717) is 16.7 Å². The molecule has 1 aliphatic heterocycles. The quantitative estimate of drug-likeness (QED) is 0.908. The Balaban J connectivity index is 0.00000161. The molecule has 2 N–H and O–H groups in total. The van der Waals surface area contributed by atoms with Crippen molar-refractivity contribution in [2.24, 2.45) is 0 Å². The molecule has 21 heavy (non-hydrogen) atoms. The molecule has 0 bridgehead atoms. The van der Waals surface area contributed by atoms with Crippen LogP contribution in [0.2, 0.25) is 0 Å². The smallest absolute Gasteiger partial charge is 0.257 e. The van der Waals surface area contributed by atoms with Crippen molar-refractivity contribution in [2.75, 3.05) is 11.9 Å². The number of benzene rings is 1. The largest absolute Gasteiger partial charge is 0.309 e. The molecule has 1 atom stereocenters. The zero-order valence-corrected chi connectivity index (χ0v) is 12.8. The number of hydrogen-bond donors (Lipinski definition) is 2. The van der Waals surface area contributed by atoms with Crippen LogP contribution in [0.25, 0.3) is 0 Å². The van der Waals surface area contributed by atoms with Crippen LogP contribution in [-0.2, 0) is 0 Å². The Morgan fingerprint density at radius 2 is 2.14 bits per heavy atom. The Labute approximate surface area is 132 Å². The number of amides is 1. The summed E-state index contributed by atoms with van der Waals surface area (Å²) in [5.41, 5.74) is 1.39. The van der Waals surface area contributed by atoms with Crippen molar-refractivity contribution in [1.82, 2.24) is 10.3 Å². The Morgan fingerprint density at radius 1 is 1.38 bits per heavy atom. The molecule has 1 unspecified atom stereocenters. The molecule has 0 saturated carbocycles. The van der Waals surface area contributed by atoms with Gasteiger partial charge in [0.1, 0.15) is 5.82 Å². The summed E-state index contributed by atoms with van der Waals surface area (Å²) >= 11 is 1.41. The van der Waals surface area contributed by atoms with E-state index in [1.165, 1.54) is 35.6 Å². The van der Waals surface area contributed by atoms with Crippen LogP contribution < -0.4 is 10.6 Å². The van der Waals surface area contributed by atoms with Gasteiger partial charge in [-0.05, 0) is 43.7 Å². The number of carbonyl (C=O) groups excluding carboxylic acids is 1. The van der Waals surface area contributed by atoms with Gasteiger partial charge in [0.15, 0.2) is 5.13 Å². The monoisotopic (exact) mass is 327 g/mol. The van der Waals surface area contributed by atoms with Gasteiger partial charge in [0.25, 0.3) is 5.91 Å². The maximum absolute atomic E-state index is 12.8. The fourth-order valence-corrected chi connectivity index (χ4v) is 2.97. The molecule has 4 nitrogen and oxygen atoms in total. The summed E-state index contributed by atoms with van der Waals surface area (Å²) in [4.78, 5) is 16.4. The second kappa shape index (κ2) is 6.98. The van der Waals surface area contributed by atoms with E-state index < -0.39 is 0 Å². The summed E-state index contributed by atoms with van der Waals surface area (Å²) in [5, 5.41) is 8.64. The second-order valence-electron chi connectivity index (χ2n) is 4.69. The number of anilines is 1. The van der Waals surface area contributed by atoms with Crippen molar-refractivity contribution in [3.8, 4) is 0 Å². The lowest BCUT2D eigenvalue weighted by molar-refractivity contribution is 0.102. The summed E-state index contributed by atoms with van der Waals surface area (Å²) in [7, 11) is 0. The highest BCUT2D eigenvalue weighted by molar-refractivity contribution is 7.14. The van der Waals surface area contributed by atoms with Crippen LogP contribution in [0, 0.1) is 5.82 Å². The summed E-state index contributed by atoms with van der Waals surface area (Å²) in [6.07, 6.45) is 2.23. The van der Waals surface area contributed by atoms with Crippen LogP contribution in [-0.4, -0.2) is 17.4 Å². The number of thiazole rings is 1. The molecule has 2 aromatic rings.